The van der Waals surface area contributed by atoms with E-state index in [2.05, 4.69) is 9.80 Å². The third-order valence-electron chi connectivity index (χ3n) is 6.66. The number of hydrogen-bond acceptors (Lipinski definition) is 5. The van der Waals surface area contributed by atoms with E-state index in [0.29, 0.717) is 12.1 Å². The highest BCUT2D eigenvalue weighted by Crippen LogP contribution is 2.38. The van der Waals surface area contributed by atoms with Gasteiger partial charge in [-0.05, 0) is 49.8 Å². The molecule has 2 heterocycles. The van der Waals surface area contributed by atoms with Gasteiger partial charge >= 0.3 is 5.69 Å². The second-order valence-electron chi connectivity index (χ2n) is 8.18. The largest absolute Gasteiger partial charge is 0.502 e. The third kappa shape index (κ3) is 3.45. The van der Waals surface area contributed by atoms with Crippen LogP contribution in [0.3, 0.4) is 0 Å². The van der Waals surface area contributed by atoms with Gasteiger partial charge in [0.15, 0.2) is 5.75 Å². The molecule has 6 heteroatoms. The summed E-state index contributed by atoms with van der Waals surface area (Å²) in [7, 11) is 0. The van der Waals surface area contributed by atoms with E-state index < -0.39 is 4.92 Å². The summed E-state index contributed by atoms with van der Waals surface area (Å²) in [6.45, 7) is 4.11. The molecule has 2 aliphatic heterocycles. The zero-order valence-corrected chi connectivity index (χ0v) is 15.3. The van der Waals surface area contributed by atoms with E-state index in [-0.39, 0.29) is 11.4 Å². The van der Waals surface area contributed by atoms with Crippen molar-refractivity contribution < 1.29 is 10.0 Å². The van der Waals surface area contributed by atoms with Crippen molar-refractivity contribution in [2.75, 3.05) is 19.6 Å². The first-order chi connectivity index (χ1) is 12.6. The Bertz CT molecular complexity index is 660. The van der Waals surface area contributed by atoms with Crippen LogP contribution in [0.15, 0.2) is 18.2 Å². The number of nitrogens with zero attached hydrogens (tertiary/aromatic N) is 3. The fraction of sp³-hybridized carbons (Fsp3) is 0.700. The van der Waals surface area contributed by atoms with Gasteiger partial charge < -0.3 is 5.11 Å². The summed E-state index contributed by atoms with van der Waals surface area (Å²) in [5.41, 5.74) is 0.748. The Morgan fingerprint density at radius 3 is 2.65 bits per heavy atom. The predicted octanol–water partition coefficient (Wildman–Crippen LogP) is 3.53. The van der Waals surface area contributed by atoms with Crippen molar-refractivity contribution in [2.24, 2.45) is 5.92 Å². The lowest BCUT2D eigenvalue weighted by molar-refractivity contribution is -0.385. The molecule has 0 spiro atoms. The van der Waals surface area contributed by atoms with Crippen LogP contribution in [0.2, 0.25) is 0 Å². The SMILES string of the molecule is O=[N+]([O-])c1cc(CN2CCN3CCC[C@H]3[C@H]2C2CCCCC2)ccc1O. The molecule has 1 N–H and O–H groups in total. The van der Waals surface area contributed by atoms with Gasteiger partial charge in [0.1, 0.15) is 0 Å². The average molecular weight is 359 g/mol. The molecule has 0 unspecified atom stereocenters. The summed E-state index contributed by atoms with van der Waals surface area (Å²) >= 11 is 0. The molecule has 1 saturated carbocycles. The molecular formula is C20H29N3O3. The Balaban J connectivity index is 1.57. The zero-order valence-electron chi connectivity index (χ0n) is 15.3. The van der Waals surface area contributed by atoms with E-state index in [9.17, 15) is 15.2 Å². The van der Waals surface area contributed by atoms with Crippen molar-refractivity contribution in [3.8, 4) is 5.75 Å². The van der Waals surface area contributed by atoms with Crippen LogP contribution >= 0.6 is 0 Å². The van der Waals surface area contributed by atoms with Gasteiger partial charge in [-0.3, -0.25) is 19.9 Å². The lowest BCUT2D eigenvalue weighted by Crippen LogP contribution is -2.59. The van der Waals surface area contributed by atoms with Gasteiger partial charge in [-0.2, -0.15) is 0 Å². The minimum Gasteiger partial charge on any atom is -0.502 e. The van der Waals surface area contributed by atoms with Crippen LogP contribution in [0.4, 0.5) is 5.69 Å². The van der Waals surface area contributed by atoms with Crippen LogP contribution < -0.4 is 0 Å². The molecule has 0 aromatic heterocycles. The van der Waals surface area contributed by atoms with Gasteiger partial charge in [0.05, 0.1) is 4.92 Å². The van der Waals surface area contributed by atoms with Gasteiger partial charge in [-0.1, -0.05) is 25.3 Å². The summed E-state index contributed by atoms with van der Waals surface area (Å²) in [5, 5.41) is 20.9. The first-order valence-corrected chi connectivity index (χ1v) is 10.1. The number of aromatic hydroxyl groups is 1. The Morgan fingerprint density at radius 1 is 1.08 bits per heavy atom. The zero-order chi connectivity index (χ0) is 18.1. The quantitative estimate of drug-likeness (QED) is 0.658. The minimum absolute atomic E-state index is 0.184. The average Bonchev–Trinajstić information content (AvgIpc) is 3.12. The Hall–Kier alpha value is -1.66. The van der Waals surface area contributed by atoms with Gasteiger partial charge in [0.2, 0.25) is 0 Å². The van der Waals surface area contributed by atoms with E-state index in [1.54, 1.807) is 6.07 Å². The van der Waals surface area contributed by atoms with Gasteiger partial charge in [0.25, 0.3) is 0 Å². The highest BCUT2D eigenvalue weighted by molar-refractivity contribution is 5.47. The number of benzene rings is 1. The number of nitro groups is 1. The fourth-order valence-corrected chi connectivity index (χ4v) is 5.49. The van der Waals surface area contributed by atoms with Crippen LogP contribution in [0.5, 0.6) is 5.75 Å². The number of fused-ring (bicyclic) bond motifs is 1. The second kappa shape index (κ2) is 7.53. The van der Waals surface area contributed by atoms with Crippen LogP contribution in [-0.4, -0.2) is 51.5 Å². The van der Waals surface area contributed by atoms with E-state index in [1.807, 2.05) is 6.07 Å². The molecular weight excluding hydrogens is 330 g/mol. The van der Waals surface area contributed by atoms with Crippen molar-refractivity contribution in [2.45, 2.75) is 63.6 Å². The molecule has 26 heavy (non-hydrogen) atoms. The summed E-state index contributed by atoms with van der Waals surface area (Å²) < 4.78 is 0. The second-order valence-corrected chi connectivity index (χ2v) is 8.18. The van der Waals surface area contributed by atoms with Gasteiger partial charge in [-0.15, -0.1) is 0 Å². The summed E-state index contributed by atoms with van der Waals surface area (Å²) in [6, 6.07) is 6.07. The first-order valence-electron chi connectivity index (χ1n) is 10.1. The molecule has 6 nitrogen and oxygen atoms in total. The number of rotatable bonds is 4. The molecule has 2 atom stereocenters. The Kier molecular flexibility index (Phi) is 5.14. The number of piperazine rings is 1. The lowest BCUT2D eigenvalue weighted by atomic mass is 9.78. The van der Waals surface area contributed by atoms with Crippen molar-refractivity contribution in [3.63, 3.8) is 0 Å². The molecule has 142 valence electrons. The molecule has 2 saturated heterocycles. The van der Waals surface area contributed by atoms with E-state index in [4.69, 9.17) is 0 Å². The topological polar surface area (TPSA) is 69.9 Å². The number of phenolic OH excluding ortho intramolecular Hbond substituents is 1. The van der Waals surface area contributed by atoms with Crippen LogP contribution in [0.1, 0.15) is 50.5 Å². The summed E-state index contributed by atoms with van der Waals surface area (Å²) in [5.74, 6) is 0.505. The first kappa shape index (κ1) is 17.7. The highest BCUT2D eigenvalue weighted by Gasteiger charge is 2.42. The third-order valence-corrected chi connectivity index (χ3v) is 6.66. The lowest BCUT2D eigenvalue weighted by Gasteiger charge is -2.49. The van der Waals surface area contributed by atoms with Gasteiger partial charge in [-0.25, -0.2) is 0 Å². The smallest absolute Gasteiger partial charge is 0.311 e. The Labute approximate surface area is 154 Å². The summed E-state index contributed by atoms with van der Waals surface area (Å²) in [4.78, 5) is 15.9. The maximum atomic E-state index is 11.2. The van der Waals surface area contributed by atoms with Crippen molar-refractivity contribution >= 4 is 5.69 Å². The number of hydrogen-bond donors (Lipinski definition) is 1. The van der Waals surface area contributed by atoms with E-state index in [0.717, 1.165) is 31.1 Å². The van der Waals surface area contributed by atoms with Crippen molar-refractivity contribution in [1.82, 2.24) is 9.80 Å². The fourth-order valence-electron chi connectivity index (χ4n) is 5.49. The molecule has 1 aromatic rings. The molecule has 1 aromatic carbocycles. The van der Waals surface area contributed by atoms with Crippen LogP contribution in [0.25, 0.3) is 0 Å². The normalized spacial score (nSPS) is 28.2. The van der Waals surface area contributed by atoms with Crippen molar-refractivity contribution in [1.29, 1.82) is 0 Å². The van der Waals surface area contributed by atoms with E-state index in [1.165, 1.54) is 57.6 Å². The molecule has 0 bridgehead atoms. The minimum atomic E-state index is -0.494. The van der Waals surface area contributed by atoms with Crippen molar-refractivity contribution in [3.05, 3.63) is 33.9 Å². The summed E-state index contributed by atoms with van der Waals surface area (Å²) in [6.07, 6.45) is 9.27. The predicted molar refractivity (Wildman–Crippen MR) is 100 cm³/mol. The monoisotopic (exact) mass is 359 g/mol. The highest BCUT2D eigenvalue weighted by atomic mass is 16.6. The molecule has 0 radical (unpaired) electrons. The van der Waals surface area contributed by atoms with Crippen LogP contribution in [-0.2, 0) is 6.54 Å². The Morgan fingerprint density at radius 2 is 1.88 bits per heavy atom. The maximum absolute atomic E-state index is 11.2. The molecule has 3 aliphatic rings. The van der Waals surface area contributed by atoms with E-state index >= 15 is 0 Å². The standard InChI is InChI=1S/C20H29N3O3/c24-19-9-8-15(13-18(19)23(25)26)14-22-12-11-21-10-4-7-17(21)20(22)16-5-2-1-3-6-16/h8-9,13,16-17,20,24H,1-7,10-12,14H2/t17-,20+/m0/s1. The van der Waals surface area contributed by atoms with Gasteiger partial charge in [0, 0.05) is 37.8 Å². The molecule has 3 fully saturated rings. The maximum Gasteiger partial charge on any atom is 0.311 e. The number of phenols is 1. The van der Waals surface area contributed by atoms with Crippen LogP contribution in [0, 0.1) is 16.0 Å². The molecule has 1 aliphatic carbocycles. The number of nitro benzene ring substituents is 1. The molecule has 0 amide bonds. The molecule has 4 rings (SSSR count).